The van der Waals surface area contributed by atoms with Gasteiger partial charge in [-0.3, -0.25) is 9.59 Å². The van der Waals surface area contributed by atoms with Crippen LogP contribution in [0.4, 0.5) is 4.39 Å². The number of nitrogens with two attached hydrogens (primary N) is 1. The zero-order valence-corrected chi connectivity index (χ0v) is 13.3. The third kappa shape index (κ3) is 2.66. The predicted molar refractivity (Wildman–Crippen MR) is 88.3 cm³/mol. The van der Waals surface area contributed by atoms with Gasteiger partial charge in [0.15, 0.2) is 5.78 Å². The zero-order valence-electron chi connectivity index (χ0n) is 13.3. The second kappa shape index (κ2) is 6.43. The first kappa shape index (κ1) is 16.2. The minimum atomic E-state index is -0.728. The number of rotatable bonds is 5. The molecule has 0 radical (unpaired) electrons. The fraction of sp³-hybridized carbons (Fsp3) is 0.263. The summed E-state index contributed by atoms with van der Waals surface area (Å²) in [7, 11) is 0. The van der Waals surface area contributed by atoms with Crippen LogP contribution in [-0.4, -0.2) is 24.5 Å². The number of ketones is 1. The summed E-state index contributed by atoms with van der Waals surface area (Å²) in [6.45, 7) is 1.03. The van der Waals surface area contributed by atoms with Crippen LogP contribution in [0.15, 0.2) is 42.5 Å². The highest BCUT2D eigenvalue weighted by molar-refractivity contribution is 6.03. The molecule has 0 unspecified atom stereocenters. The molecule has 2 atom stereocenters. The Kier molecular flexibility index (Phi) is 4.34. The van der Waals surface area contributed by atoms with Crippen LogP contribution < -0.4 is 10.5 Å². The highest BCUT2D eigenvalue weighted by Gasteiger charge is 2.38. The number of halogens is 1. The van der Waals surface area contributed by atoms with Crippen LogP contribution in [0.1, 0.15) is 51.1 Å². The number of alkyl halides is 1. The molecule has 1 aliphatic rings. The van der Waals surface area contributed by atoms with Crippen molar-refractivity contribution in [3.05, 3.63) is 64.7 Å². The SMILES string of the molecule is CCC(=O)c1cc(C(N)=O)cc2c1O[C@@H](CF)[C@@H]2c1ccccc1. The normalized spacial score (nSPS) is 18.8. The van der Waals surface area contributed by atoms with Crippen molar-refractivity contribution in [2.24, 2.45) is 5.73 Å². The third-order valence-corrected chi connectivity index (χ3v) is 4.31. The first-order valence-corrected chi connectivity index (χ1v) is 7.85. The summed E-state index contributed by atoms with van der Waals surface area (Å²) in [5, 5.41) is 0. The van der Waals surface area contributed by atoms with Gasteiger partial charge in [-0.05, 0) is 17.7 Å². The Morgan fingerprint density at radius 2 is 1.92 bits per heavy atom. The van der Waals surface area contributed by atoms with Crippen LogP contribution in [0, 0.1) is 0 Å². The predicted octanol–water partition coefficient (Wildman–Crippen LogP) is 3.24. The van der Waals surface area contributed by atoms with Crippen molar-refractivity contribution < 1.29 is 18.7 Å². The number of hydrogen-bond donors (Lipinski definition) is 1. The van der Waals surface area contributed by atoms with Gasteiger partial charge < -0.3 is 10.5 Å². The van der Waals surface area contributed by atoms with Crippen molar-refractivity contribution >= 4 is 11.7 Å². The van der Waals surface area contributed by atoms with Gasteiger partial charge >= 0.3 is 0 Å². The smallest absolute Gasteiger partial charge is 0.248 e. The van der Waals surface area contributed by atoms with E-state index in [2.05, 4.69) is 0 Å². The number of ether oxygens (including phenoxy) is 1. The van der Waals surface area contributed by atoms with Gasteiger partial charge in [0.2, 0.25) is 5.91 Å². The number of amides is 1. The average molecular weight is 327 g/mol. The van der Waals surface area contributed by atoms with E-state index in [0.717, 1.165) is 5.56 Å². The molecule has 0 saturated carbocycles. The number of fused-ring (bicyclic) bond motifs is 1. The fourth-order valence-corrected chi connectivity index (χ4v) is 3.15. The summed E-state index contributed by atoms with van der Waals surface area (Å²) in [6.07, 6.45) is -0.470. The lowest BCUT2D eigenvalue weighted by atomic mass is 9.86. The van der Waals surface area contributed by atoms with E-state index in [4.69, 9.17) is 10.5 Å². The molecule has 0 bridgehead atoms. The minimum absolute atomic E-state index is 0.166. The number of primary amides is 1. The molecule has 0 aromatic heterocycles. The van der Waals surface area contributed by atoms with E-state index < -0.39 is 18.7 Å². The molecular weight excluding hydrogens is 309 g/mol. The first-order chi connectivity index (χ1) is 11.6. The summed E-state index contributed by atoms with van der Waals surface area (Å²) in [5.41, 5.74) is 7.43. The number of hydrogen-bond acceptors (Lipinski definition) is 3. The Morgan fingerprint density at radius 1 is 1.21 bits per heavy atom. The molecular formula is C19H18FNO3. The molecule has 2 aromatic carbocycles. The summed E-state index contributed by atoms with van der Waals surface area (Å²) in [6, 6.07) is 12.4. The van der Waals surface area contributed by atoms with Gasteiger partial charge in [-0.1, -0.05) is 37.3 Å². The zero-order chi connectivity index (χ0) is 17.3. The summed E-state index contributed by atoms with van der Waals surface area (Å²) < 4.78 is 19.3. The van der Waals surface area contributed by atoms with E-state index in [-0.39, 0.29) is 23.7 Å². The van der Waals surface area contributed by atoms with Gasteiger partial charge in [0, 0.05) is 17.5 Å². The van der Waals surface area contributed by atoms with Crippen molar-refractivity contribution in [2.75, 3.05) is 6.67 Å². The Balaban J connectivity index is 2.22. The molecule has 1 aliphatic heterocycles. The van der Waals surface area contributed by atoms with Crippen molar-refractivity contribution in [1.29, 1.82) is 0 Å². The van der Waals surface area contributed by atoms with Crippen molar-refractivity contribution in [2.45, 2.75) is 25.4 Å². The van der Waals surface area contributed by atoms with Gasteiger partial charge in [-0.25, -0.2) is 4.39 Å². The van der Waals surface area contributed by atoms with E-state index in [0.29, 0.717) is 16.9 Å². The number of Topliss-reactive ketones (excluding diaryl/α,β-unsaturated/α-hetero) is 1. The first-order valence-electron chi connectivity index (χ1n) is 7.85. The Hall–Kier alpha value is -2.69. The number of benzene rings is 2. The van der Waals surface area contributed by atoms with E-state index >= 15 is 0 Å². The van der Waals surface area contributed by atoms with Crippen LogP contribution in [0.3, 0.4) is 0 Å². The maximum Gasteiger partial charge on any atom is 0.248 e. The Labute approximate surface area is 139 Å². The molecule has 4 nitrogen and oxygen atoms in total. The average Bonchev–Trinajstić information content (AvgIpc) is 2.99. The molecule has 1 amide bonds. The summed E-state index contributed by atoms with van der Waals surface area (Å²) >= 11 is 0. The molecule has 24 heavy (non-hydrogen) atoms. The topological polar surface area (TPSA) is 69.4 Å². The lowest BCUT2D eigenvalue weighted by Crippen LogP contribution is -2.22. The quantitative estimate of drug-likeness (QED) is 0.857. The van der Waals surface area contributed by atoms with E-state index in [1.165, 1.54) is 6.07 Å². The standard InChI is InChI=1S/C19H18FNO3/c1-2-15(22)13-8-12(19(21)23)9-14-17(11-6-4-3-5-7-11)16(10-20)24-18(13)14/h3-9,16-17H,2,10H2,1H3,(H2,21,23)/t16-,17+/m0/s1. The molecule has 5 heteroatoms. The maximum absolute atomic E-state index is 13.6. The third-order valence-electron chi connectivity index (χ3n) is 4.31. The lowest BCUT2D eigenvalue weighted by molar-refractivity contribution is 0.0980. The highest BCUT2D eigenvalue weighted by atomic mass is 19.1. The van der Waals surface area contributed by atoms with Crippen LogP contribution >= 0.6 is 0 Å². The molecule has 2 aromatic rings. The Bertz CT molecular complexity index is 789. The van der Waals surface area contributed by atoms with E-state index in [1.807, 2.05) is 30.3 Å². The second-order valence-electron chi connectivity index (χ2n) is 5.78. The monoisotopic (exact) mass is 327 g/mol. The van der Waals surface area contributed by atoms with Crippen LogP contribution in [0.2, 0.25) is 0 Å². The highest BCUT2D eigenvalue weighted by Crippen LogP contribution is 2.45. The molecule has 0 spiro atoms. The summed E-state index contributed by atoms with van der Waals surface area (Å²) in [4.78, 5) is 23.9. The molecule has 3 rings (SSSR count). The Morgan fingerprint density at radius 3 is 2.50 bits per heavy atom. The molecule has 0 fully saturated rings. The van der Waals surface area contributed by atoms with Crippen LogP contribution in [0.25, 0.3) is 0 Å². The van der Waals surface area contributed by atoms with E-state index in [9.17, 15) is 14.0 Å². The fourth-order valence-electron chi connectivity index (χ4n) is 3.15. The lowest BCUT2D eigenvalue weighted by Gasteiger charge is -2.16. The molecule has 1 heterocycles. The second-order valence-corrected chi connectivity index (χ2v) is 5.78. The molecule has 0 aliphatic carbocycles. The van der Waals surface area contributed by atoms with Gasteiger partial charge in [0.1, 0.15) is 18.5 Å². The molecule has 0 saturated heterocycles. The molecule has 2 N–H and O–H groups in total. The van der Waals surface area contributed by atoms with E-state index in [1.54, 1.807) is 13.0 Å². The van der Waals surface area contributed by atoms with Crippen molar-refractivity contribution in [3.8, 4) is 5.75 Å². The number of carbonyl (C=O) groups is 2. The van der Waals surface area contributed by atoms with Gasteiger partial charge in [0.05, 0.1) is 11.5 Å². The van der Waals surface area contributed by atoms with Gasteiger partial charge in [-0.15, -0.1) is 0 Å². The largest absolute Gasteiger partial charge is 0.486 e. The van der Waals surface area contributed by atoms with Crippen LogP contribution in [-0.2, 0) is 0 Å². The van der Waals surface area contributed by atoms with Crippen molar-refractivity contribution in [3.63, 3.8) is 0 Å². The van der Waals surface area contributed by atoms with Gasteiger partial charge in [-0.2, -0.15) is 0 Å². The maximum atomic E-state index is 13.6. The van der Waals surface area contributed by atoms with Crippen molar-refractivity contribution in [1.82, 2.24) is 0 Å². The number of carbonyl (C=O) groups excluding carboxylic acids is 2. The summed E-state index contributed by atoms with van der Waals surface area (Å²) in [5.74, 6) is -0.809. The van der Waals surface area contributed by atoms with Gasteiger partial charge in [0.25, 0.3) is 0 Å². The van der Waals surface area contributed by atoms with Crippen LogP contribution in [0.5, 0.6) is 5.75 Å². The minimum Gasteiger partial charge on any atom is -0.486 e. The molecule has 124 valence electrons.